The Hall–Kier alpha value is -3.36. The number of pyridine rings is 1. The minimum Gasteiger partial charge on any atom is -0.395 e. The molecule has 1 amide bonds. The number of anilines is 2. The van der Waals surface area contributed by atoms with Gasteiger partial charge >= 0.3 is 0 Å². The first-order valence-electron chi connectivity index (χ1n) is 11.5. The number of carbonyl (C=O) groups is 1. The van der Waals surface area contributed by atoms with Gasteiger partial charge in [-0.05, 0) is 62.1 Å². The van der Waals surface area contributed by atoms with Gasteiger partial charge < -0.3 is 20.0 Å². The van der Waals surface area contributed by atoms with Crippen molar-refractivity contribution < 1.29 is 15.0 Å². The average molecular weight is 460 g/mol. The second-order valence-corrected chi connectivity index (χ2v) is 9.81. The predicted octanol–water partition coefficient (Wildman–Crippen LogP) is 3.01. The van der Waals surface area contributed by atoms with Crippen LogP contribution in [0.5, 0.6) is 0 Å². The SMILES string of the molecule is CN(CCO)C(=O)c1ccc2c(c1)N(c1ncc(-c3cc(C(C)(C)O)ccn3)cn1)CC21CC1. The van der Waals surface area contributed by atoms with Gasteiger partial charge in [-0.2, -0.15) is 0 Å². The van der Waals surface area contributed by atoms with Crippen molar-refractivity contribution in [1.82, 2.24) is 19.9 Å². The Morgan fingerprint density at radius 2 is 1.88 bits per heavy atom. The van der Waals surface area contributed by atoms with Gasteiger partial charge in [0.05, 0.1) is 17.9 Å². The quantitative estimate of drug-likeness (QED) is 0.584. The van der Waals surface area contributed by atoms with Gasteiger partial charge in [-0.3, -0.25) is 9.78 Å². The van der Waals surface area contributed by atoms with Crippen LogP contribution in [0.4, 0.5) is 11.6 Å². The van der Waals surface area contributed by atoms with Gasteiger partial charge in [0.2, 0.25) is 5.95 Å². The zero-order chi connectivity index (χ0) is 24.1. The topological polar surface area (TPSA) is 103 Å². The fraction of sp³-hybridized carbons (Fsp3) is 0.385. The molecule has 1 aliphatic carbocycles. The van der Waals surface area contributed by atoms with Crippen molar-refractivity contribution in [2.24, 2.45) is 0 Å². The Bertz CT molecular complexity index is 1230. The second kappa shape index (κ2) is 8.14. The van der Waals surface area contributed by atoms with E-state index >= 15 is 0 Å². The Labute approximate surface area is 198 Å². The molecule has 0 unspecified atom stereocenters. The number of aliphatic hydroxyl groups is 2. The van der Waals surface area contributed by atoms with E-state index in [9.17, 15) is 15.0 Å². The second-order valence-electron chi connectivity index (χ2n) is 9.81. The molecule has 0 radical (unpaired) electrons. The van der Waals surface area contributed by atoms with Crippen LogP contribution in [0.25, 0.3) is 11.3 Å². The maximum Gasteiger partial charge on any atom is 0.253 e. The van der Waals surface area contributed by atoms with E-state index in [-0.39, 0.29) is 24.5 Å². The maximum atomic E-state index is 12.8. The Balaban J connectivity index is 1.46. The average Bonchev–Trinajstić information content (AvgIpc) is 3.54. The summed E-state index contributed by atoms with van der Waals surface area (Å²) in [7, 11) is 1.69. The number of aromatic nitrogens is 3. The van der Waals surface area contributed by atoms with Crippen molar-refractivity contribution >= 4 is 17.5 Å². The molecule has 5 rings (SSSR count). The molecule has 1 fully saturated rings. The van der Waals surface area contributed by atoms with Gasteiger partial charge in [0, 0.05) is 61.0 Å². The van der Waals surface area contributed by atoms with E-state index in [4.69, 9.17) is 0 Å². The highest BCUT2D eigenvalue weighted by Gasteiger charge is 2.52. The van der Waals surface area contributed by atoms with Crippen LogP contribution in [-0.4, -0.2) is 62.7 Å². The zero-order valence-electron chi connectivity index (χ0n) is 19.7. The standard InChI is InChI=1S/C26H29N5O3/c1-25(2,34)19-6-9-27-21(13-19)18-14-28-24(29-15-18)31-16-26(7-8-26)20-5-4-17(12-22(20)31)23(33)30(3)10-11-32/h4-6,9,12-15,32,34H,7-8,10-11,16H2,1-3H3. The predicted molar refractivity (Wildman–Crippen MR) is 129 cm³/mol. The first-order valence-corrected chi connectivity index (χ1v) is 11.5. The molecule has 1 aromatic carbocycles. The normalized spacial score (nSPS) is 16.0. The summed E-state index contributed by atoms with van der Waals surface area (Å²) >= 11 is 0. The fourth-order valence-electron chi connectivity index (χ4n) is 4.60. The summed E-state index contributed by atoms with van der Waals surface area (Å²) in [5, 5.41) is 19.5. The van der Waals surface area contributed by atoms with Gasteiger partial charge in [-0.25, -0.2) is 9.97 Å². The van der Waals surface area contributed by atoms with E-state index in [1.165, 1.54) is 10.5 Å². The number of aliphatic hydroxyl groups excluding tert-OH is 1. The fourth-order valence-corrected chi connectivity index (χ4v) is 4.60. The highest BCUT2D eigenvalue weighted by molar-refractivity contribution is 5.96. The number of rotatable bonds is 6. The monoisotopic (exact) mass is 459 g/mol. The molecule has 2 aromatic heterocycles. The molecule has 34 heavy (non-hydrogen) atoms. The Morgan fingerprint density at radius 1 is 1.15 bits per heavy atom. The van der Waals surface area contributed by atoms with Crippen molar-refractivity contribution in [2.45, 2.75) is 37.7 Å². The van der Waals surface area contributed by atoms with Gasteiger partial charge in [-0.15, -0.1) is 0 Å². The van der Waals surface area contributed by atoms with Crippen LogP contribution >= 0.6 is 0 Å². The number of benzene rings is 1. The molecular weight excluding hydrogens is 430 g/mol. The molecule has 0 bridgehead atoms. The molecular formula is C26H29N5O3. The van der Waals surface area contributed by atoms with Gasteiger partial charge in [0.15, 0.2) is 0 Å². The van der Waals surface area contributed by atoms with Crippen LogP contribution in [0.15, 0.2) is 48.9 Å². The van der Waals surface area contributed by atoms with Crippen LogP contribution < -0.4 is 4.90 Å². The number of amides is 1. The molecule has 3 aromatic rings. The molecule has 0 atom stereocenters. The third-order valence-electron chi connectivity index (χ3n) is 6.85. The highest BCUT2D eigenvalue weighted by Crippen LogP contribution is 2.57. The zero-order valence-corrected chi connectivity index (χ0v) is 19.7. The smallest absolute Gasteiger partial charge is 0.253 e. The third kappa shape index (κ3) is 3.93. The van der Waals surface area contributed by atoms with Crippen molar-refractivity contribution in [3.63, 3.8) is 0 Å². The number of hydrogen-bond donors (Lipinski definition) is 2. The van der Waals surface area contributed by atoms with E-state index < -0.39 is 5.60 Å². The third-order valence-corrected chi connectivity index (χ3v) is 6.85. The van der Waals surface area contributed by atoms with E-state index in [1.54, 1.807) is 45.6 Å². The van der Waals surface area contributed by atoms with Crippen LogP contribution in [0.3, 0.4) is 0 Å². The summed E-state index contributed by atoms with van der Waals surface area (Å²) in [6, 6.07) is 9.51. The molecule has 176 valence electrons. The van der Waals surface area contributed by atoms with Crippen LogP contribution in [0, 0.1) is 0 Å². The largest absolute Gasteiger partial charge is 0.395 e. The van der Waals surface area contributed by atoms with Crippen LogP contribution in [0.1, 0.15) is 48.2 Å². The van der Waals surface area contributed by atoms with Crippen LogP contribution in [-0.2, 0) is 11.0 Å². The highest BCUT2D eigenvalue weighted by atomic mass is 16.3. The summed E-state index contributed by atoms with van der Waals surface area (Å²) in [6.07, 6.45) is 7.40. The van der Waals surface area contributed by atoms with Gasteiger partial charge in [0.1, 0.15) is 0 Å². The first-order chi connectivity index (χ1) is 16.2. The molecule has 2 aliphatic rings. The minimum atomic E-state index is -0.962. The number of likely N-dealkylation sites (N-methyl/N-ethyl adjacent to an activating group) is 1. The lowest BCUT2D eigenvalue weighted by Gasteiger charge is -2.20. The van der Waals surface area contributed by atoms with E-state index in [1.807, 2.05) is 18.2 Å². The van der Waals surface area contributed by atoms with E-state index in [0.717, 1.165) is 36.2 Å². The van der Waals surface area contributed by atoms with Crippen molar-refractivity contribution in [2.75, 3.05) is 31.6 Å². The molecule has 0 saturated heterocycles. The van der Waals surface area contributed by atoms with Crippen molar-refractivity contribution in [1.29, 1.82) is 0 Å². The number of carbonyl (C=O) groups excluding carboxylic acids is 1. The summed E-state index contributed by atoms with van der Waals surface area (Å²) in [5.41, 5.74) is 4.18. The molecule has 8 nitrogen and oxygen atoms in total. The Morgan fingerprint density at radius 3 is 2.53 bits per heavy atom. The van der Waals surface area contributed by atoms with Crippen LogP contribution in [0.2, 0.25) is 0 Å². The maximum absolute atomic E-state index is 12.8. The van der Waals surface area contributed by atoms with E-state index in [2.05, 4.69) is 25.9 Å². The number of nitrogens with zero attached hydrogens (tertiary/aromatic N) is 5. The first kappa shape index (κ1) is 22.4. The molecule has 1 spiro atoms. The van der Waals surface area contributed by atoms with E-state index in [0.29, 0.717) is 17.2 Å². The van der Waals surface area contributed by atoms with Gasteiger partial charge in [-0.1, -0.05) is 6.07 Å². The van der Waals surface area contributed by atoms with Crippen molar-refractivity contribution in [3.8, 4) is 11.3 Å². The minimum absolute atomic E-state index is 0.0732. The number of fused-ring (bicyclic) bond motifs is 2. The molecule has 8 heteroatoms. The molecule has 3 heterocycles. The summed E-state index contributed by atoms with van der Waals surface area (Å²) in [5.74, 6) is 0.461. The molecule has 1 aliphatic heterocycles. The lowest BCUT2D eigenvalue weighted by Crippen LogP contribution is -2.29. The van der Waals surface area contributed by atoms with Gasteiger partial charge in [0.25, 0.3) is 5.91 Å². The Kier molecular flexibility index (Phi) is 5.37. The summed E-state index contributed by atoms with van der Waals surface area (Å²) < 4.78 is 0. The van der Waals surface area contributed by atoms with Crippen molar-refractivity contribution in [3.05, 3.63) is 65.6 Å². The molecule has 2 N–H and O–H groups in total. The summed E-state index contributed by atoms with van der Waals surface area (Å²) in [6.45, 7) is 4.49. The lowest BCUT2D eigenvalue weighted by atomic mass is 9.97. The lowest BCUT2D eigenvalue weighted by molar-refractivity contribution is 0.0765. The number of hydrogen-bond acceptors (Lipinski definition) is 7. The molecule has 1 saturated carbocycles. The summed E-state index contributed by atoms with van der Waals surface area (Å²) in [4.78, 5) is 30.1.